The Morgan fingerprint density at radius 2 is 1.82 bits per heavy atom. The van der Waals surface area contributed by atoms with Gasteiger partial charge in [-0.3, -0.25) is 9.69 Å². The first-order valence-electron chi connectivity index (χ1n) is 9.02. The molecule has 2 rings (SSSR count). The molecule has 0 saturated carbocycles. The van der Waals surface area contributed by atoms with Gasteiger partial charge in [-0.15, -0.1) is 0 Å². The summed E-state index contributed by atoms with van der Waals surface area (Å²) in [6.07, 6.45) is 0.604. The van der Waals surface area contributed by atoms with Crippen molar-refractivity contribution in [1.29, 1.82) is 0 Å². The average Bonchev–Trinajstić information content (AvgIpc) is 2.61. The van der Waals surface area contributed by atoms with Crippen LogP contribution in [0.5, 0.6) is 0 Å². The van der Waals surface area contributed by atoms with Gasteiger partial charge >= 0.3 is 0 Å². The second-order valence-electron chi connectivity index (χ2n) is 6.92. The topological polar surface area (TPSA) is 92.5 Å². The quantitative estimate of drug-likeness (QED) is 0.648. The summed E-state index contributed by atoms with van der Waals surface area (Å²) in [5.74, 6) is -0.0584. The van der Waals surface area contributed by atoms with Gasteiger partial charge in [-0.2, -0.15) is 0 Å². The van der Waals surface area contributed by atoms with Crippen molar-refractivity contribution in [3.63, 3.8) is 0 Å². The van der Waals surface area contributed by atoms with Crippen LogP contribution in [-0.2, 0) is 27.8 Å². The molecule has 0 bridgehead atoms. The number of carbonyl (C=O) groups excluding carboxylic acids is 1. The van der Waals surface area contributed by atoms with Crippen LogP contribution < -0.4 is 10.5 Å². The fraction of sp³-hybridized carbons (Fsp3) is 0.350. The van der Waals surface area contributed by atoms with E-state index in [1.165, 1.54) is 12.1 Å². The van der Waals surface area contributed by atoms with Gasteiger partial charge in [0.1, 0.15) is 0 Å². The standard InChI is InChI=1S/C20H26ClN3O3S/c1-15(2)24(13-17-4-3-5-18(21)12-17)14-20(25)23-11-10-16-6-8-19(9-7-16)28(22,26)27/h3-9,12,15H,10-11,13-14H2,1-2H3,(H,23,25)(H2,22,26,27). The van der Waals surface area contributed by atoms with Gasteiger partial charge in [0.2, 0.25) is 15.9 Å². The second kappa shape index (κ2) is 10.0. The van der Waals surface area contributed by atoms with Gasteiger partial charge in [0.25, 0.3) is 0 Å². The normalized spacial score (nSPS) is 11.8. The molecule has 2 aromatic rings. The van der Waals surface area contributed by atoms with Crippen LogP contribution in [0.15, 0.2) is 53.4 Å². The molecule has 2 aromatic carbocycles. The Bertz CT molecular complexity index is 899. The molecule has 0 aliphatic heterocycles. The highest BCUT2D eigenvalue weighted by atomic mass is 35.5. The van der Waals surface area contributed by atoms with Crippen molar-refractivity contribution >= 4 is 27.5 Å². The maximum Gasteiger partial charge on any atom is 0.238 e. The third-order valence-corrected chi connectivity index (χ3v) is 5.50. The molecule has 0 heterocycles. The molecule has 3 N–H and O–H groups in total. The molecule has 152 valence electrons. The summed E-state index contributed by atoms with van der Waals surface area (Å²) >= 11 is 6.04. The molecular formula is C20H26ClN3O3S. The molecule has 0 spiro atoms. The Labute approximate surface area is 171 Å². The summed E-state index contributed by atoms with van der Waals surface area (Å²) in [7, 11) is -3.69. The first kappa shape index (κ1) is 22.4. The number of primary sulfonamides is 1. The van der Waals surface area contributed by atoms with Gasteiger partial charge in [-0.05, 0) is 55.7 Å². The van der Waals surface area contributed by atoms with E-state index in [0.29, 0.717) is 24.5 Å². The fourth-order valence-corrected chi connectivity index (χ4v) is 3.45. The smallest absolute Gasteiger partial charge is 0.238 e. The first-order valence-corrected chi connectivity index (χ1v) is 10.9. The highest BCUT2D eigenvalue weighted by Crippen LogP contribution is 2.14. The van der Waals surface area contributed by atoms with Crippen molar-refractivity contribution in [2.24, 2.45) is 5.14 Å². The lowest BCUT2D eigenvalue weighted by atomic mass is 10.1. The summed E-state index contributed by atoms with van der Waals surface area (Å²) in [4.78, 5) is 14.5. The number of sulfonamides is 1. The lowest BCUT2D eigenvalue weighted by Crippen LogP contribution is -2.40. The van der Waals surface area contributed by atoms with Crippen molar-refractivity contribution < 1.29 is 13.2 Å². The molecule has 0 aromatic heterocycles. The van der Waals surface area contributed by atoms with Crippen LogP contribution in [0.25, 0.3) is 0 Å². The van der Waals surface area contributed by atoms with Crippen LogP contribution in [0, 0.1) is 0 Å². The summed E-state index contributed by atoms with van der Waals surface area (Å²) in [6.45, 7) is 5.49. The third-order valence-electron chi connectivity index (χ3n) is 4.34. The van der Waals surface area contributed by atoms with Crippen LogP contribution >= 0.6 is 11.6 Å². The third kappa shape index (κ3) is 7.24. The Kier molecular flexibility index (Phi) is 8.00. The van der Waals surface area contributed by atoms with E-state index in [4.69, 9.17) is 16.7 Å². The molecular weight excluding hydrogens is 398 g/mol. The van der Waals surface area contributed by atoms with Crippen molar-refractivity contribution in [3.8, 4) is 0 Å². The van der Waals surface area contributed by atoms with Gasteiger partial charge in [0, 0.05) is 24.2 Å². The maximum atomic E-state index is 12.3. The Morgan fingerprint density at radius 1 is 1.14 bits per heavy atom. The number of hydrogen-bond acceptors (Lipinski definition) is 4. The van der Waals surface area contributed by atoms with Crippen LogP contribution in [0.2, 0.25) is 5.02 Å². The highest BCUT2D eigenvalue weighted by Gasteiger charge is 2.14. The van der Waals surface area contributed by atoms with Gasteiger partial charge in [0.05, 0.1) is 11.4 Å². The zero-order chi connectivity index (χ0) is 20.7. The van der Waals surface area contributed by atoms with E-state index in [1.807, 2.05) is 38.1 Å². The molecule has 0 radical (unpaired) electrons. The van der Waals surface area contributed by atoms with Crippen LogP contribution in [0.1, 0.15) is 25.0 Å². The number of hydrogen-bond donors (Lipinski definition) is 2. The van der Waals surface area contributed by atoms with Crippen LogP contribution in [0.4, 0.5) is 0 Å². The minimum atomic E-state index is -3.69. The van der Waals surface area contributed by atoms with E-state index in [0.717, 1.165) is 11.1 Å². The van der Waals surface area contributed by atoms with Gasteiger partial charge in [-0.1, -0.05) is 35.9 Å². The molecule has 0 fully saturated rings. The molecule has 1 amide bonds. The monoisotopic (exact) mass is 423 g/mol. The molecule has 0 atom stereocenters. The van der Waals surface area contributed by atoms with Gasteiger partial charge < -0.3 is 5.32 Å². The number of amides is 1. The largest absolute Gasteiger partial charge is 0.355 e. The SMILES string of the molecule is CC(C)N(CC(=O)NCCc1ccc(S(N)(=O)=O)cc1)Cc1cccc(Cl)c1. The fourth-order valence-electron chi connectivity index (χ4n) is 2.72. The number of carbonyl (C=O) groups is 1. The summed E-state index contributed by atoms with van der Waals surface area (Å²) in [6, 6.07) is 14.2. The second-order valence-corrected chi connectivity index (χ2v) is 8.92. The highest BCUT2D eigenvalue weighted by molar-refractivity contribution is 7.89. The van der Waals surface area contributed by atoms with Crippen molar-refractivity contribution in [2.45, 2.75) is 37.8 Å². The summed E-state index contributed by atoms with van der Waals surface area (Å²) in [5.41, 5.74) is 1.98. The van der Waals surface area contributed by atoms with E-state index < -0.39 is 10.0 Å². The molecule has 0 unspecified atom stereocenters. The maximum absolute atomic E-state index is 12.3. The Hall–Kier alpha value is -1.93. The number of nitrogens with one attached hydrogen (secondary N) is 1. The summed E-state index contributed by atoms with van der Waals surface area (Å²) < 4.78 is 22.5. The van der Waals surface area contributed by atoms with Crippen molar-refractivity contribution in [3.05, 3.63) is 64.7 Å². The number of nitrogens with zero attached hydrogens (tertiary/aromatic N) is 1. The average molecular weight is 424 g/mol. The van der Waals surface area contributed by atoms with Gasteiger partial charge in [0.15, 0.2) is 0 Å². The van der Waals surface area contributed by atoms with Crippen molar-refractivity contribution in [2.75, 3.05) is 13.1 Å². The van der Waals surface area contributed by atoms with Gasteiger partial charge in [-0.25, -0.2) is 13.6 Å². The van der Waals surface area contributed by atoms with E-state index in [1.54, 1.807) is 12.1 Å². The van der Waals surface area contributed by atoms with E-state index in [9.17, 15) is 13.2 Å². The first-order chi connectivity index (χ1) is 13.1. The number of halogens is 1. The lowest BCUT2D eigenvalue weighted by molar-refractivity contribution is -0.122. The molecule has 0 saturated heterocycles. The Morgan fingerprint density at radius 3 is 2.39 bits per heavy atom. The molecule has 0 aliphatic carbocycles. The predicted molar refractivity (Wildman–Crippen MR) is 112 cm³/mol. The lowest BCUT2D eigenvalue weighted by Gasteiger charge is -2.26. The van der Waals surface area contributed by atoms with Crippen molar-refractivity contribution in [1.82, 2.24) is 10.2 Å². The van der Waals surface area contributed by atoms with E-state index in [2.05, 4.69) is 10.2 Å². The minimum absolute atomic E-state index is 0.0584. The van der Waals surface area contributed by atoms with E-state index in [-0.39, 0.29) is 23.4 Å². The zero-order valence-corrected chi connectivity index (χ0v) is 17.6. The van der Waals surface area contributed by atoms with E-state index >= 15 is 0 Å². The molecule has 6 nitrogen and oxygen atoms in total. The minimum Gasteiger partial charge on any atom is -0.355 e. The number of rotatable bonds is 9. The zero-order valence-electron chi connectivity index (χ0n) is 16.1. The molecule has 8 heteroatoms. The Balaban J connectivity index is 1.84. The summed E-state index contributed by atoms with van der Waals surface area (Å²) in [5, 5.41) is 8.67. The van der Waals surface area contributed by atoms with Crippen LogP contribution in [-0.4, -0.2) is 38.4 Å². The molecule has 0 aliphatic rings. The number of nitrogens with two attached hydrogens (primary N) is 1. The number of benzene rings is 2. The molecule has 28 heavy (non-hydrogen) atoms. The predicted octanol–water partition coefficient (Wildman–Crippen LogP) is 2.56. The van der Waals surface area contributed by atoms with Crippen LogP contribution in [0.3, 0.4) is 0 Å².